The molecule has 18 aromatic rings. The fraction of sp³-hybridized carbons (Fsp3) is 0.0851. The van der Waals surface area contributed by atoms with Crippen LogP contribution in [-0.4, -0.2) is 138 Å². The quantitative estimate of drug-likeness (QED) is 0.0341. The molecule has 5 N–H and O–H groups in total. The second kappa shape index (κ2) is 39.9. The van der Waals surface area contributed by atoms with Gasteiger partial charge in [-0.1, -0.05) is 18.2 Å². The Morgan fingerprint density at radius 3 is 1.16 bits per heavy atom. The van der Waals surface area contributed by atoms with Gasteiger partial charge in [0, 0.05) is 185 Å². The number of aromatic nitrogens is 13. The Bertz CT molecular complexity index is 7160. The lowest BCUT2D eigenvalue weighted by atomic mass is 10.0. The van der Waals surface area contributed by atoms with Crippen molar-refractivity contribution in [1.29, 1.82) is 0 Å². The maximum Gasteiger partial charge on any atom is 0.420 e. The van der Waals surface area contributed by atoms with Gasteiger partial charge in [0.05, 0.1) is 61.8 Å². The monoisotopic (exact) mass is 1860 g/mol. The van der Waals surface area contributed by atoms with Gasteiger partial charge in [-0.15, -0.1) is 0 Å². The minimum absolute atomic E-state index is 0.0322. The molecule has 0 fully saturated rings. The van der Waals surface area contributed by atoms with Crippen molar-refractivity contribution in [1.82, 2.24) is 64.4 Å². The van der Waals surface area contributed by atoms with Crippen LogP contribution in [0.15, 0.2) is 272 Å². The maximum atomic E-state index is 14.6. The van der Waals surface area contributed by atoms with Crippen molar-refractivity contribution in [2.24, 2.45) is 0 Å². The summed E-state index contributed by atoms with van der Waals surface area (Å²) in [5, 5.41) is 12.1. The van der Waals surface area contributed by atoms with Gasteiger partial charge in [0.25, 0.3) is 5.24 Å². The van der Waals surface area contributed by atoms with Gasteiger partial charge in [0.1, 0.15) is 91.7 Å². The summed E-state index contributed by atoms with van der Waals surface area (Å²) in [6, 6.07) is 41.5. The molecule has 25 nitrogen and oxygen atoms in total. The summed E-state index contributed by atoms with van der Waals surface area (Å²) in [7, 11) is 5.79. The Hall–Kier alpha value is -15.3. The number of nitrogens with one attached hydrogen (secondary N) is 4. The van der Waals surface area contributed by atoms with Crippen molar-refractivity contribution >= 4 is 133 Å². The first kappa shape index (κ1) is 89.5. The van der Waals surface area contributed by atoms with Crippen molar-refractivity contribution in [3.8, 4) is 62.1 Å². The summed E-state index contributed by atoms with van der Waals surface area (Å²) >= 11 is 11.8. The van der Waals surface area contributed by atoms with E-state index in [4.69, 9.17) is 35.3 Å². The molecule has 0 aliphatic heterocycles. The number of H-pyrrole nitrogens is 4. The number of benzene rings is 5. The summed E-state index contributed by atoms with van der Waals surface area (Å²) < 4.78 is 97.9. The Kier molecular flexibility index (Phi) is 28.1. The number of pyridine rings is 8. The van der Waals surface area contributed by atoms with Crippen LogP contribution in [-0.2, 0) is 4.74 Å². The van der Waals surface area contributed by atoms with Crippen LogP contribution < -0.4 is 18.9 Å². The summed E-state index contributed by atoms with van der Waals surface area (Å²) in [6.45, 7) is 5.21. The number of aromatic hydroxyl groups is 1. The lowest BCUT2D eigenvalue weighted by Gasteiger charge is -2.19. The Morgan fingerprint density at radius 1 is 0.386 bits per heavy atom. The normalized spacial score (nSPS) is 10.9. The van der Waals surface area contributed by atoms with Crippen LogP contribution in [0.2, 0.25) is 0 Å². The third-order valence-corrected chi connectivity index (χ3v) is 20.0. The first-order chi connectivity index (χ1) is 61.1. The van der Waals surface area contributed by atoms with Crippen LogP contribution in [0.4, 0.5) is 26.7 Å². The zero-order valence-corrected chi connectivity index (χ0v) is 71.7. The van der Waals surface area contributed by atoms with Gasteiger partial charge in [-0.05, 0) is 210 Å². The van der Waals surface area contributed by atoms with E-state index >= 15 is 0 Å². The van der Waals surface area contributed by atoms with E-state index in [2.05, 4.69) is 91.7 Å². The molecule has 33 heteroatoms. The summed E-state index contributed by atoms with van der Waals surface area (Å²) in [5.41, 5.74) is 7.41. The maximum absolute atomic E-state index is 14.6. The Morgan fingerprint density at radius 2 is 0.748 bits per heavy atom. The van der Waals surface area contributed by atoms with Gasteiger partial charge in [-0.2, -0.15) is 0 Å². The number of halogens is 8. The molecule has 0 saturated carbocycles. The van der Waals surface area contributed by atoms with E-state index in [0.29, 0.717) is 78.2 Å². The van der Waals surface area contributed by atoms with E-state index in [9.17, 15) is 55.8 Å². The average Bonchev–Trinajstić information content (AvgIpc) is 1.60. The van der Waals surface area contributed by atoms with E-state index in [1.165, 1.54) is 124 Å². The van der Waals surface area contributed by atoms with Gasteiger partial charge in [-0.3, -0.25) is 38.9 Å². The Labute approximate surface area is 740 Å². The number of aromatic amines is 4. The minimum atomic E-state index is -0.827. The molecule has 0 radical (unpaired) electrons. The molecule has 127 heavy (non-hydrogen) atoms. The smallest absolute Gasteiger partial charge is 0.420 e. The van der Waals surface area contributed by atoms with Gasteiger partial charge in [0.15, 0.2) is 23.1 Å². The van der Waals surface area contributed by atoms with E-state index < -0.39 is 69.2 Å². The number of phenols is 1. The highest BCUT2D eigenvalue weighted by molar-refractivity contribution is 9.10. The molecule has 638 valence electrons. The number of carbonyl (C=O) groups excluding carboxylic acids is 6. The highest BCUT2D eigenvalue weighted by atomic mass is 79.9. The summed E-state index contributed by atoms with van der Waals surface area (Å²) in [4.78, 5) is 121. The van der Waals surface area contributed by atoms with Crippen molar-refractivity contribution in [2.45, 2.75) is 26.4 Å². The molecule has 5 aromatic carbocycles. The number of methoxy groups -OCH3 is 4. The number of ether oxygens (including phenoxy) is 5. The fourth-order valence-electron chi connectivity index (χ4n) is 12.7. The first-order valence-corrected chi connectivity index (χ1v) is 39.9. The van der Waals surface area contributed by atoms with Crippen molar-refractivity contribution in [2.75, 3.05) is 28.4 Å². The van der Waals surface area contributed by atoms with Crippen molar-refractivity contribution < 1.29 is 79.5 Å². The number of ketones is 4. The van der Waals surface area contributed by atoms with Crippen LogP contribution in [0.5, 0.6) is 28.7 Å². The summed E-state index contributed by atoms with van der Waals surface area (Å²) in [6.07, 6.45) is 25.6. The molecule has 0 amide bonds. The number of rotatable bonds is 16. The van der Waals surface area contributed by atoms with Gasteiger partial charge in [-0.25, -0.2) is 56.2 Å². The highest BCUT2D eigenvalue weighted by Crippen LogP contribution is 2.35. The standard InChI is InChI=1S/C25H22FN3O4.C20H14FN3O2.C19H12FN3O2.C15H10BrFN2O2.C8H6ClFO2.C7H5BrN2/c1-25(2,3)33-24(31)29-14-20(22(30)19-11-17(32-4)7-8-21(19)26)18-10-16(13-28-23(18)29)15-6-5-9-27-12-15;1-26-14-4-5-18(21)16(8-14)19(25)17-11-24-20-15(17)7-13(10-23-20)12-3-2-6-22-9-12;20-17-4-3-13(24)7-15(17)18(25)16-10-23-19-14(16)6-12(9-22-19)11-2-1-5-21-8-11;1-21-9-2-3-13(17)11(5-9)14(20)12-7-19-15-10(12)4-8(16)6-18-15;1-12-5-2-3-7(10)6(4-5)8(9)11;8-6-3-5-1-2-9-7(5)10-4-6/h5-14H,1-4H3;2-11H,1H3,(H,23,24);1-10,24H,(H,22,23);2-7H,1H3,(H,18,19);2-4H,1H3;1-4H,(H,9,10). The van der Waals surface area contributed by atoms with E-state index in [1.54, 1.807) is 113 Å². The molecule has 0 bridgehead atoms. The largest absolute Gasteiger partial charge is 0.508 e. The average molecular weight is 1860 g/mol. The number of carbonyl (C=O) groups is 6. The molecular weight excluding hydrogens is 1790 g/mol. The van der Waals surface area contributed by atoms with Crippen LogP contribution in [0.1, 0.15) is 94.8 Å². The SMILES string of the molecule is Brc1cnc2[nH]ccc2c1.COc1ccc(F)c(C(=O)Cl)c1.COc1ccc(F)c(C(=O)c2c[nH]c3ncc(-c4cccnc4)cc23)c1.COc1ccc(F)c(C(=O)c2c[nH]c3ncc(Br)cc23)c1.COc1ccc(F)c(C(=O)c2cn(C(=O)OC(C)(C)C)c3ncc(-c4cccnc4)cc23)c1.O=C(c1cc(O)ccc1F)c1c[nH]c2ncc(-c3cccnc3)cc12. The molecule has 0 unspecified atom stereocenters. The summed E-state index contributed by atoms with van der Waals surface area (Å²) in [5.74, 6) is -3.77. The second-order valence-corrected chi connectivity index (χ2v) is 30.5. The number of phenolic OH excluding ortho intramolecular Hbond substituents is 1. The van der Waals surface area contributed by atoms with Crippen molar-refractivity contribution in [3.05, 3.63) is 351 Å². The zero-order chi connectivity index (χ0) is 90.3. The molecular formula is C94H69Br2ClF5N13O12. The molecule has 0 atom stereocenters. The van der Waals surface area contributed by atoms with Crippen LogP contribution in [0.3, 0.4) is 0 Å². The molecule has 0 saturated heterocycles. The predicted octanol–water partition coefficient (Wildman–Crippen LogP) is 21.2. The number of nitrogens with zero attached hydrogens (tertiary/aromatic N) is 9. The van der Waals surface area contributed by atoms with Gasteiger partial charge >= 0.3 is 6.09 Å². The number of hydrogen-bond donors (Lipinski definition) is 5. The highest BCUT2D eigenvalue weighted by Gasteiger charge is 2.29. The molecule has 18 rings (SSSR count). The van der Waals surface area contributed by atoms with Crippen molar-refractivity contribution in [3.63, 3.8) is 0 Å². The second-order valence-electron chi connectivity index (χ2n) is 28.3. The molecule has 13 heterocycles. The number of fused-ring (bicyclic) bond motifs is 5. The topological polar surface area (TPSA) is 340 Å². The van der Waals surface area contributed by atoms with E-state index in [0.717, 1.165) is 66.0 Å². The zero-order valence-electron chi connectivity index (χ0n) is 67.8. The number of hydrogen-bond acceptors (Lipinski definition) is 20. The van der Waals surface area contributed by atoms with Gasteiger partial charge < -0.3 is 48.7 Å². The van der Waals surface area contributed by atoms with E-state index in [1.807, 2.05) is 60.8 Å². The lowest BCUT2D eigenvalue weighted by molar-refractivity contribution is 0.0542. The predicted molar refractivity (Wildman–Crippen MR) is 475 cm³/mol. The van der Waals surface area contributed by atoms with E-state index in [-0.39, 0.29) is 50.3 Å². The first-order valence-electron chi connectivity index (χ1n) is 37.9. The van der Waals surface area contributed by atoms with Crippen LogP contribution in [0.25, 0.3) is 88.5 Å². The van der Waals surface area contributed by atoms with Crippen LogP contribution in [0, 0.1) is 29.1 Å². The third kappa shape index (κ3) is 21.2. The molecule has 0 aliphatic carbocycles. The lowest BCUT2D eigenvalue weighted by Crippen LogP contribution is -2.27. The Balaban J connectivity index is 0.000000135. The third-order valence-electron chi connectivity index (χ3n) is 19.0. The molecule has 0 aliphatic rings. The van der Waals surface area contributed by atoms with Gasteiger partial charge in [0.2, 0.25) is 0 Å². The fourth-order valence-corrected chi connectivity index (χ4v) is 13.6. The minimum Gasteiger partial charge on any atom is -0.508 e. The molecule has 13 aromatic heterocycles. The molecule has 0 spiro atoms. The van der Waals surface area contributed by atoms with Crippen LogP contribution >= 0.6 is 43.5 Å².